The topological polar surface area (TPSA) is 43.4 Å². The average Bonchev–Trinajstić information content (AvgIpc) is 2.23. The summed E-state index contributed by atoms with van der Waals surface area (Å²) in [5.41, 5.74) is 0. The summed E-state index contributed by atoms with van der Waals surface area (Å²) in [4.78, 5) is 22.2. The number of hydrogen-bond donors (Lipinski definition) is 0. The highest BCUT2D eigenvalue weighted by molar-refractivity contribution is 5.76. The van der Waals surface area contributed by atoms with Gasteiger partial charge in [0.1, 0.15) is 11.9 Å². The van der Waals surface area contributed by atoms with E-state index in [2.05, 4.69) is 6.92 Å². The zero-order valence-electron chi connectivity index (χ0n) is 10.8. The van der Waals surface area contributed by atoms with E-state index in [9.17, 15) is 9.59 Å². The van der Waals surface area contributed by atoms with E-state index in [1.54, 1.807) is 13.8 Å². The van der Waals surface area contributed by atoms with Crippen molar-refractivity contribution in [3.63, 3.8) is 0 Å². The molecule has 3 nitrogen and oxygen atoms in total. The van der Waals surface area contributed by atoms with Gasteiger partial charge in [-0.2, -0.15) is 0 Å². The monoisotopic (exact) mass is 228 g/mol. The summed E-state index contributed by atoms with van der Waals surface area (Å²) < 4.78 is 5.23. The first-order valence-electron chi connectivity index (χ1n) is 6.29. The Hall–Kier alpha value is -0.860. The van der Waals surface area contributed by atoms with E-state index in [0.717, 1.165) is 19.3 Å². The van der Waals surface area contributed by atoms with Crippen molar-refractivity contribution in [1.29, 1.82) is 0 Å². The van der Waals surface area contributed by atoms with Crippen LogP contribution in [-0.4, -0.2) is 17.9 Å². The van der Waals surface area contributed by atoms with E-state index in [-0.39, 0.29) is 17.9 Å². The highest BCUT2D eigenvalue weighted by Crippen LogP contribution is 2.12. The second kappa shape index (κ2) is 9.37. The second-order valence-corrected chi connectivity index (χ2v) is 4.22. The van der Waals surface area contributed by atoms with Crippen LogP contribution in [0.5, 0.6) is 0 Å². The molecule has 94 valence electrons. The summed E-state index contributed by atoms with van der Waals surface area (Å²) in [7, 11) is 0. The summed E-state index contributed by atoms with van der Waals surface area (Å²) in [6, 6.07) is 0. The van der Waals surface area contributed by atoms with Gasteiger partial charge in [0.15, 0.2) is 0 Å². The van der Waals surface area contributed by atoms with Crippen molar-refractivity contribution in [2.75, 3.05) is 0 Å². The summed E-state index contributed by atoms with van der Waals surface area (Å²) in [6.45, 7) is 5.47. The fourth-order valence-corrected chi connectivity index (χ4v) is 1.59. The molecule has 0 N–H and O–H groups in total. The zero-order chi connectivity index (χ0) is 12.4. The van der Waals surface area contributed by atoms with Crippen molar-refractivity contribution in [1.82, 2.24) is 0 Å². The number of carbonyl (C=O) groups excluding carboxylic acids is 2. The predicted molar refractivity (Wildman–Crippen MR) is 64.2 cm³/mol. The highest BCUT2D eigenvalue weighted by atomic mass is 16.5. The fourth-order valence-electron chi connectivity index (χ4n) is 1.59. The van der Waals surface area contributed by atoms with Gasteiger partial charge in [0.05, 0.1) is 0 Å². The van der Waals surface area contributed by atoms with E-state index in [1.165, 1.54) is 12.8 Å². The molecule has 0 aromatic rings. The molecule has 0 rings (SSSR count). The first-order chi connectivity index (χ1) is 7.60. The number of Topliss-reactive ketones (excluding diaryl/α,β-unsaturated/α-hetero) is 1. The van der Waals surface area contributed by atoms with Crippen LogP contribution < -0.4 is 0 Å². The zero-order valence-corrected chi connectivity index (χ0v) is 10.8. The molecule has 1 unspecified atom stereocenters. The van der Waals surface area contributed by atoms with Crippen molar-refractivity contribution in [2.24, 2.45) is 0 Å². The van der Waals surface area contributed by atoms with Crippen LogP contribution in [-0.2, 0) is 14.3 Å². The molecule has 0 saturated carbocycles. The molecule has 0 saturated heterocycles. The van der Waals surface area contributed by atoms with Crippen LogP contribution >= 0.6 is 0 Å². The molecule has 0 bridgehead atoms. The minimum absolute atomic E-state index is 0.0874. The molecular formula is C13H24O3. The molecular weight excluding hydrogens is 204 g/mol. The smallest absolute Gasteiger partial charge is 0.305 e. The molecule has 0 fully saturated rings. The largest absolute Gasteiger partial charge is 0.462 e. The van der Waals surface area contributed by atoms with E-state index in [0.29, 0.717) is 12.8 Å². The third-order valence-electron chi connectivity index (χ3n) is 2.48. The minimum atomic E-state index is -0.207. The number of esters is 1. The molecule has 0 spiro atoms. The molecule has 0 aliphatic carbocycles. The summed E-state index contributed by atoms with van der Waals surface area (Å²) in [5.74, 6) is -0.119. The lowest BCUT2D eigenvalue weighted by Crippen LogP contribution is -2.20. The predicted octanol–water partition coefficient (Wildman–Crippen LogP) is 3.26. The number of hydrogen-bond acceptors (Lipinski definition) is 3. The summed E-state index contributed by atoms with van der Waals surface area (Å²) in [5, 5.41) is 0. The third-order valence-corrected chi connectivity index (χ3v) is 2.48. The maximum atomic E-state index is 11.2. The Bertz CT molecular complexity index is 211. The number of ether oxygens (including phenoxy) is 1. The Kier molecular flexibility index (Phi) is 8.87. The molecule has 0 amide bonds. The molecule has 0 heterocycles. The van der Waals surface area contributed by atoms with E-state index in [1.807, 2.05) is 0 Å². The number of unbranched alkanes of at least 4 members (excludes halogenated alkanes) is 3. The summed E-state index contributed by atoms with van der Waals surface area (Å²) in [6.07, 6.45) is 5.91. The van der Waals surface area contributed by atoms with Crippen molar-refractivity contribution in [2.45, 2.75) is 71.8 Å². The van der Waals surface area contributed by atoms with Gasteiger partial charge < -0.3 is 4.74 Å². The Morgan fingerprint density at radius 1 is 1.12 bits per heavy atom. The second-order valence-electron chi connectivity index (χ2n) is 4.22. The highest BCUT2D eigenvalue weighted by Gasteiger charge is 2.15. The molecule has 0 radical (unpaired) electrons. The standard InChI is InChI=1S/C13H24O3/c1-4-6-7-8-9-12(10-11(3)14)16-13(15)5-2/h12H,4-10H2,1-3H3. The minimum Gasteiger partial charge on any atom is -0.462 e. The van der Waals surface area contributed by atoms with Crippen molar-refractivity contribution in [3.05, 3.63) is 0 Å². The van der Waals surface area contributed by atoms with Crippen LogP contribution in [0.3, 0.4) is 0 Å². The van der Waals surface area contributed by atoms with Gasteiger partial charge >= 0.3 is 5.97 Å². The maximum absolute atomic E-state index is 11.2. The van der Waals surface area contributed by atoms with E-state index >= 15 is 0 Å². The lowest BCUT2D eigenvalue weighted by Gasteiger charge is -2.16. The van der Waals surface area contributed by atoms with Gasteiger partial charge in [-0.05, 0) is 19.8 Å². The van der Waals surface area contributed by atoms with Gasteiger partial charge in [-0.1, -0.05) is 33.1 Å². The maximum Gasteiger partial charge on any atom is 0.305 e. The molecule has 0 aromatic carbocycles. The van der Waals surface area contributed by atoms with Gasteiger partial charge in [0.25, 0.3) is 0 Å². The average molecular weight is 228 g/mol. The van der Waals surface area contributed by atoms with Gasteiger partial charge in [0, 0.05) is 12.8 Å². The SMILES string of the molecule is CCCCCCC(CC(C)=O)OC(=O)CC. The first-order valence-corrected chi connectivity index (χ1v) is 6.29. The number of carbonyl (C=O) groups is 2. The van der Waals surface area contributed by atoms with Crippen molar-refractivity contribution < 1.29 is 14.3 Å². The van der Waals surface area contributed by atoms with E-state index in [4.69, 9.17) is 4.74 Å². The molecule has 0 aromatic heterocycles. The van der Waals surface area contributed by atoms with Crippen LogP contribution in [0.25, 0.3) is 0 Å². The first kappa shape index (κ1) is 15.1. The Morgan fingerprint density at radius 2 is 1.81 bits per heavy atom. The lowest BCUT2D eigenvalue weighted by atomic mass is 10.1. The Labute approximate surface area is 98.6 Å². The van der Waals surface area contributed by atoms with Crippen LogP contribution in [0.15, 0.2) is 0 Å². The van der Waals surface area contributed by atoms with Crippen LogP contribution in [0.2, 0.25) is 0 Å². The third kappa shape index (κ3) is 8.45. The van der Waals surface area contributed by atoms with Crippen LogP contribution in [0.4, 0.5) is 0 Å². The molecule has 0 aliphatic heterocycles. The number of rotatable bonds is 9. The van der Waals surface area contributed by atoms with Gasteiger partial charge in [-0.3, -0.25) is 9.59 Å². The van der Waals surface area contributed by atoms with Crippen LogP contribution in [0, 0.1) is 0 Å². The Balaban J connectivity index is 3.90. The van der Waals surface area contributed by atoms with E-state index < -0.39 is 0 Å². The lowest BCUT2D eigenvalue weighted by molar-refractivity contribution is -0.150. The Morgan fingerprint density at radius 3 is 2.31 bits per heavy atom. The number of ketones is 1. The van der Waals surface area contributed by atoms with Crippen LogP contribution in [0.1, 0.15) is 65.7 Å². The summed E-state index contributed by atoms with van der Waals surface area (Å²) >= 11 is 0. The molecule has 16 heavy (non-hydrogen) atoms. The normalized spacial score (nSPS) is 12.2. The quantitative estimate of drug-likeness (QED) is 0.449. The van der Waals surface area contributed by atoms with Gasteiger partial charge in [0.2, 0.25) is 0 Å². The fraction of sp³-hybridized carbons (Fsp3) is 0.846. The van der Waals surface area contributed by atoms with Gasteiger partial charge in [-0.25, -0.2) is 0 Å². The molecule has 0 aliphatic rings. The van der Waals surface area contributed by atoms with Gasteiger partial charge in [-0.15, -0.1) is 0 Å². The van der Waals surface area contributed by atoms with Crippen molar-refractivity contribution >= 4 is 11.8 Å². The molecule has 3 heteroatoms. The van der Waals surface area contributed by atoms with Crippen molar-refractivity contribution in [3.8, 4) is 0 Å². The molecule has 1 atom stereocenters.